The van der Waals surface area contributed by atoms with Gasteiger partial charge in [-0.05, 0) is 65.2 Å². The topological polar surface area (TPSA) is 44.0 Å². The summed E-state index contributed by atoms with van der Waals surface area (Å²) in [6, 6.07) is 15.9. The Balaban J connectivity index is 2.31. The molecular weight excluding hydrogens is 314 g/mol. The van der Waals surface area contributed by atoms with Crippen LogP contribution in [-0.2, 0) is 6.42 Å². The molecule has 0 aliphatic heterocycles. The molecule has 0 saturated heterocycles. The zero-order chi connectivity index (χ0) is 17.1. The molecule has 0 aliphatic carbocycles. The van der Waals surface area contributed by atoms with Crippen LogP contribution in [0.5, 0.6) is 5.75 Å². The summed E-state index contributed by atoms with van der Waals surface area (Å²) < 4.78 is 0. The number of nitrogens with zero attached hydrogens (tertiary/aromatic N) is 1. The molecule has 3 heteroatoms. The summed E-state index contributed by atoms with van der Waals surface area (Å²) in [6.07, 6.45) is 1.99. The molecule has 0 spiro atoms. The van der Waals surface area contributed by atoms with Crippen LogP contribution in [0.25, 0.3) is 21.6 Å². The number of benzene rings is 2. The van der Waals surface area contributed by atoms with Crippen LogP contribution >= 0.6 is 11.3 Å². The fourth-order valence-corrected chi connectivity index (χ4v) is 3.97. The van der Waals surface area contributed by atoms with Crippen molar-refractivity contribution in [2.24, 2.45) is 0 Å². The van der Waals surface area contributed by atoms with E-state index in [2.05, 4.69) is 37.4 Å². The van der Waals surface area contributed by atoms with Crippen LogP contribution < -0.4 is 0 Å². The van der Waals surface area contributed by atoms with E-state index in [4.69, 9.17) is 0 Å². The fourth-order valence-electron chi connectivity index (χ4n) is 2.97. The molecule has 0 saturated carbocycles. The molecule has 0 radical (unpaired) electrons. The van der Waals surface area contributed by atoms with Gasteiger partial charge in [0.15, 0.2) is 0 Å². The van der Waals surface area contributed by atoms with Gasteiger partial charge in [-0.2, -0.15) is 5.26 Å². The van der Waals surface area contributed by atoms with Crippen LogP contribution in [0.4, 0.5) is 0 Å². The Labute approximate surface area is 146 Å². The van der Waals surface area contributed by atoms with Crippen LogP contribution in [0.2, 0.25) is 0 Å². The lowest BCUT2D eigenvalue weighted by Crippen LogP contribution is -1.94. The molecule has 1 aromatic heterocycles. The monoisotopic (exact) mass is 333 g/mol. The lowest BCUT2D eigenvalue weighted by Gasteiger charge is -2.14. The van der Waals surface area contributed by atoms with Crippen molar-refractivity contribution in [3.05, 3.63) is 64.5 Å². The summed E-state index contributed by atoms with van der Waals surface area (Å²) in [5.41, 5.74) is 6.15. The molecule has 2 nitrogen and oxygen atoms in total. The van der Waals surface area contributed by atoms with Crippen molar-refractivity contribution in [2.45, 2.75) is 26.7 Å². The predicted molar refractivity (Wildman–Crippen MR) is 100 cm³/mol. The van der Waals surface area contributed by atoms with Crippen molar-refractivity contribution in [3.8, 4) is 33.4 Å². The largest absolute Gasteiger partial charge is 0.508 e. The molecule has 1 N–H and O–H groups in total. The van der Waals surface area contributed by atoms with Gasteiger partial charge in [0.05, 0.1) is 11.6 Å². The Kier molecular flexibility index (Phi) is 4.69. The Bertz CT molecular complexity index is 901. The number of aryl methyl sites for hydroxylation is 2. The van der Waals surface area contributed by atoms with Gasteiger partial charge in [-0.15, -0.1) is 11.3 Å². The van der Waals surface area contributed by atoms with Crippen molar-refractivity contribution >= 4 is 11.3 Å². The molecule has 0 unspecified atom stereocenters. The van der Waals surface area contributed by atoms with Crippen LogP contribution in [0, 0.1) is 18.3 Å². The predicted octanol–water partition coefficient (Wildman–Crippen LogP) is 5.92. The molecule has 120 valence electrons. The molecule has 3 aromatic rings. The normalized spacial score (nSPS) is 10.5. The molecule has 0 aliphatic rings. The third kappa shape index (κ3) is 3.06. The second kappa shape index (κ2) is 6.90. The zero-order valence-electron chi connectivity index (χ0n) is 13.8. The summed E-state index contributed by atoms with van der Waals surface area (Å²) in [4.78, 5) is 1.14. The zero-order valence-corrected chi connectivity index (χ0v) is 14.7. The molecule has 24 heavy (non-hydrogen) atoms. The number of hydrogen-bond donors (Lipinski definition) is 1. The lowest BCUT2D eigenvalue weighted by molar-refractivity contribution is 0.475. The molecule has 0 amide bonds. The van der Waals surface area contributed by atoms with Crippen LogP contribution in [0.1, 0.15) is 30.0 Å². The van der Waals surface area contributed by atoms with Crippen molar-refractivity contribution in [1.29, 1.82) is 5.26 Å². The third-order valence-corrected chi connectivity index (χ3v) is 5.16. The van der Waals surface area contributed by atoms with E-state index in [1.807, 2.05) is 18.2 Å². The average Bonchev–Trinajstić information content (AvgIpc) is 3.00. The van der Waals surface area contributed by atoms with E-state index in [9.17, 15) is 10.4 Å². The average molecular weight is 333 g/mol. The first kappa shape index (κ1) is 16.3. The number of rotatable bonds is 4. The summed E-state index contributed by atoms with van der Waals surface area (Å²) in [6.45, 7) is 4.22. The molecule has 0 fully saturated rings. The van der Waals surface area contributed by atoms with E-state index in [1.165, 1.54) is 11.1 Å². The highest BCUT2D eigenvalue weighted by Crippen LogP contribution is 2.40. The highest BCUT2D eigenvalue weighted by molar-refractivity contribution is 7.13. The number of aromatic hydroxyl groups is 1. The first-order chi connectivity index (χ1) is 11.6. The highest BCUT2D eigenvalue weighted by atomic mass is 32.1. The van der Waals surface area contributed by atoms with Gasteiger partial charge in [0.1, 0.15) is 5.75 Å². The Morgan fingerprint density at radius 2 is 1.88 bits per heavy atom. The van der Waals surface area contributed by atoms with E-state index in [0.717, 1.165) is 40.0 Å². The Morgan fingerprint density at radius 3 is 2.46 bits per heavy atom. The molecule has 0 bridgehead atoms. The van der Waals surface area contributed by atoms with E-state index >= 15 is 0 Å². The summed E-state index contributed by atoms with van der Waals surface area (Å²) in [7, 11) is 0. The number of thiophene rings is 1. The minimum Gasteiger partial charge on any atom is -0.508 e. The molecule has 0 atom stereocenters. The maximum Gasteiger partial charge on any atom is 0.115 e. The standard InChI is InChI=1S/C21H19NOS/c1-3-4-15-11-17(13-22)20(21-14(2)9-10-24-21)19(12-15)16-5-7-18(23)8-6-16/h5-12,23H,3-4H2,1-2H3. The van der Waals surface area contributed by atoms with Gasteiger partial charge in [-0.25, -0.2) is 0 Å². The van der Waals surface area contributed by atoms with Gasteiger partial charge in [0, 0.05) is 10.4 Å². The first-order valence-corrected chi connectivity index (χ1v) is 8.93. The first-order valence-electron chi connectivity index (χ1n) is 8.05. The van der Waals surface area contributed by atoms with Crippen molar-refractivity contribution in [1.82, 2.24) is 0 Å². The number of nitriles is 1. The van der Waals surface area contributed by atoms with Crippen LogP contribution in [0.15, 0.2) is 47.8 Å². The van der Waals surface area contributed by atoms with Crippen LogP contribution in [0.3, 0.4) is 0 Å². The molecular formula is C21H19NOS. The maximum absolute atomic E-state index is 9.73. The maximum atomic E-state index is 9.73. The van der Waals surface area contributed by atoms with Gasteiger partial charge in [0.25, 0.3) is 0 Å². The smallest absolute Gasteiger partial charge is 0.115 e. The van der Waals surface area contributed by atoms with Gasteiger partial charge in [-0.1, -0.05) is 31.5 Å². The van der Waals surface area contributed by atoms with Crippen molar-refractivity contribution in [2.75, 3.05) is 0 Å². The Hall–Kier alpha value is -2.57. The summed E-state index contributed by atoms with van der Waals surface area (Å²) in [5, 5.41) is 21.4. The number of hydrogen-bond acceptors (Lipinski definition) is 3. The molecule has 3 rings (SSSR count). The minimum atomic E-state index is 0.248. The third-order valence-electron chi connectivity index (χ3n) is 4.12. The summed E-state index contributed by atoms with van der Waals surface area (Å²) in [5.74, 6) is 0.248. The highest BCUT2D eigenvalue weighted by Gasteiger charge is 2.17. The minimum absolute atomic E-state index is 0.248. The number of phenolic OH excluding ortho intramolecular Hbond substituents is 1. The van der Waals surface area contributed by atoms with Crippen molar-refractivity contribution < 1.29 is 5.11 Å². The second-order valence-corrected chi connectivity index (χ2v) is 6.82. The molecule has 2 aromatic carbocycles. The molecule has 1 heterocycles. The lowest BCUT2D eigenvalue weighted by atomic mass is 9.90. The van der Waals surface area contributed by atoms with Gasteiger partial charge in [-0.3, -0.25) is 0 Å². The van der Waals surface area contributed by atoms with E-state index in [1.54, 1.807) is 23.5 Å². The van der Waals surface area contributed by atoms with Crippen LogP contribution in [-0.4, -0.2) is 5.11 Å². The second-order valence-electron chi connectivity index (χ2n) is 5.91. The van der Waals surface area contributed by atoms with Gasteiger partial charge in [0.2, 0.25) is 0 Å². The van der Waals surface area contributed by atoms with Gasteiger partial charge < -0.3 is 5.11 Å². The summed E-state index contributed by atoms with van der Waals surface area (Å²) >= 11 is 1.66. The Morgan fingerprint density at radius 1 is 1.12 bits per heavy atom. The van der Waals surface area contributed by atoms with Gasteiger partial charge >= 0.3 is 0 Å². The quantitative estimate of drug-likeness (QED) is 0.644. The van der Waals surface area contributed by atoms with E-state index in [0.29, 0.717) is 0 Å². The van der Waals surface area contributed by atoms with Crippen molar-refractivity contribution in [3.63, 3.8) is 0 Å². The van der Waals surface area contributed by atoms with E-state index < -0.39 is 0 Å². The number of phenols is 1. The van der Waals surface area contributed by atoms with E-state index in [-0.39, 0.29) is 5.75 Å². The fraction of sp³-hybridized carbons (Fsp3) is 0.190. The SMILES string of the molecule is CCCc1cc(C#N)c(-c2sccc2C)c(-c2ccc(O)cc2)c1.